The second-order valence-corrected chi connectivity index (χ2v) is 4.10. The minimum atomic E-state index is -0.323. The minimum Gasteiger partial charge on any atom is -0.466 e. The zero-order valence-electron chi connectivity index (χ0n) is 10.4. The third kappa shape index (κ3) is 6.26. The molecular formula is C12H21NO4. The van der Waals surface area contributed by atoms with Gasteiger partial charge in [0.15, 0.2) is 0 Å². The van der Waals surface area contributed by atoms with E-state index in [1.165, 1.54) is 0 Å². The summed E-state index contributed by atoms with van der Waals surface area (Å²) in [6.45, 7) is 3.43. The van der Waals surface area contributed by atoms with Crippen LogP contribution in [0.3, 0.4) is 0 Å². The smallest absolute Gasteiger partial charge is 0.306 e. The highest BCUT2D eigenvalue weighted by atomic mass is 16.5. The maximum absolute atomic E-state index is 11.4. The Morgan fingerprint density at radius 2 is 2.18 bits per heavy atom. The first kappa shape index (κ1) is 14.0. The number of hydrogen-bond acceptors (Lipinski definition) is 4. The van der Waals surface area contributed by atoms with Crippen molar-refractivity contribution in [1.82, 2.24) is 5.32 Å². The van der Waals surface area contributed by atoms with Crippen LogP contribution in [0.1, 0.15) is 39.0 Å². The van der Waals surface area contributed by atoms with Crippen LogP contribution in [0.2, 0.25) is 0 Å². The molecule has 1 aliphatic heterocycles. The molecule has 0 aliphatic carbocycles. The molecule has 5 heteroatoms. The first-order valence-corrected chi connectivity index (χ1v) is 6.26. The van der Waals surface area contributed by atoms with Gasteiger partial charge in [-0.1, -0.05) is 0 Å². The Hall–Kier alpha value is -1.10. The van der Waals surface area contributed by atoms with Crippen LogP contribution in [-0.2, 0) is 19.1 Å². The fourth-order valence-corrected chi connectivity index (χ4v) is 1.73. The van der Waals surface area contributed by atoms with E-state index < -0.39 is 0 Å². The van der Waals surface area contributed by atoms with E-state index in [-0.39, 0.29) is 30.8 Å². The van der Waals surface area contributed by atoms with E-state index in [9.17, 15) is 9.59 Å². The summed E-state index contributed by atoms with van der Waals surface area (Å²) < 4.78 is 10.2. The van der Waals surface area contributed by atoms with Gasteiger partial charge in [-0.25, -0.2) is 0 Å². The maximum Gasteiger partial charge on any atom is 0.306 e. The van der Waals surface area contributed by atoms with Crippen LogP contribution in [0.25, 0.3) is 0 Å². The number of carbonyl (C=O) groups excluding carboxylic acids is 2. The first-order chi connectivity index (χ1) is 8.22. The predicted molar refractivity (Wildman–Crippen MR) is 62.5 cm³/mol. The van der Waals surface area contributed by atoms with Crippen molar-refractivity contribution in [2.45, 2.75) is 45.1 Å². The molecule has 1 aliphatic rings. The molecule has 0 bridgehead atoms. The summed E-state index contributed by atoms with van der Waals surface area (Å²) in [5.74, 6) is -0.441. The van der Waals surface area contributed by atoms with Crippen LogP contribution in [0.5, 0.6) is 0 Å². The van der Waals surface area contributed by atoms with Gasteiger partial charge < -0.3 is 14.8 Å². The molecule has 1 N–H and O–H groups in total. The molecule has 0 spiro atoms. The van der Waals surface area contributed by atoms with E-state index >= 15 is 0 Å². The number of carbonyl (C=O) groups is 2. The van der Waals surface area contributed by atoms with Crippen molar-refractivity contribution in [2.75, 3.05) is 19.8 Å². The van der Waals surface area contributed by atoms with Crippen LogP contribution in [0.4, 0.5) is 0 Å². The second kappa shape index (κ2) is 8.06. The molecule has 5 nitrogen and oxygen atoms in total. The number of ether oxygens (including phenoxy) is 2. The minimum absolute atomic E-state index is 0.118. The molecule has 1 atom stereocenters. The lowest BCUT2D eigenvalue weighted by atomic mass is 10.1. The third-order valence-electron chi connectivity index (χ3n) is 2.66. The quantitative estimate of drug-likeness (QED) is 0.707. The Balaban J connectivity index is 2.06. The van der Waals surface area contributed by atoms with Gasteiger partial charge >= 0.3 is 5.97 Å². The zero-order chi connectivity index (χ0) is 12.5. The summed E-state index contributed by atoms with van der Waals surface area (Å²) in [5, 5.41) is 2.78. The van der Waals surface area contributed by atoms with Gasteiger partial charge in [-0.3, -0.25) is 9.59 Å². The number of esters is 1. The second-order valence-electron chi connectivity index (χ2n) is 4.10. The highest BCUT2D eigenvalue weighted by molar-refractivity contribution is 5.81. The highest BCUT2D eigenvalue weighted by Crippen LogP contribution is 2.11. The third-order valence-corrected chi connectivity index (χ3v) is 2.66. The molecule has 98 valence electrons. The topological polar surface area (TPSA) is 64.6 Å². The largest absolute Gasteiger partial charge is 0.466 e. The summed E-state index contributed by atoms with van der Waals surface area (Å²) in [7, 11) is 0. The van der Waals surface area contributed by atoms with Crippen molar-refractivity contribution in [3.05, 3.63) is 0 Å². The average molecular weight is 243 g/mol. The van der Waals surface area contributed by atoms with E-state index in [1.807, 2.05) is 0 Å². The molecule has 1 heterocycles. The average Bonchev–Trinajstić information content (AvgIpc) is 2.35. The van der Waals surface area contributed by atoms with Crippen LogP contribution >= 0.6 is 0 Å². The molecule has 1 rings (SSSR count). The van der Waals surface area contributed by atoms with Gasteiger partial charge in [0, 0.05) is 19.6 Å². The number of nitrogens with one attached hydrogen (secondary N) is 1. The summed E-state index contributed by atoms with van der Waals surface area (Å²) in [6, 6.07) is 0. The van der Waals surface area contributed by atoms with Gasteiger partial charge in [-0.2, -0.15) is 0 Å². The van der Waals surface area contributed by atoms with Gasteiger partial charge in [-0.05, 0) is 26.2 Å². The van der Waals surface area contributed by atoms with Gasteiger partial charge in [0.05, 0.1) is 19.1 Å². The van der Waals surface area contributed by atoms with Crippen molar-refractivity contribution in [1.29, 1.82) is 0 Å². The van der Waals surface area contributed by atoms with Crippen LogP contribution < -0.4 is 5.32 Å². The fourth-order valence-electron chi connectivity index (χ4n) is 1.73. The summed E-state index contributed by atoms with van der Waals surface area (Å²) >= 11 is 0. The van der Waals surface area contributed by atoms with E-state index in [2.05, 4.69) is 5.32 Å². The Morgan fingerprint density at radius 3 is 2.82 bits per heavy atom. The maximum atomic E-state index is 11.4. The molecule has 1 fully saturated rings. The molecule has 1 amide bonds. The molecule has 17 heavy (non-hydrogen) atoms. The SMILES string of the molecule is CCOC(=O)CCC(=O)NCC1CCCCO1. The van der Waals surface area contributed by atoms with E-state index in [1.54, 1.807) is 6.92 Å². The van der Waals surface area contributed by atoms with E-state index in [0.29, 0.717) is 13.2 Å². The van der Waals surface area contributed by atoms with Crippen LogP contribution in [0.15, 0.2) is 0 Å². The number of rotatable bonds is 6. The predicted octanol–water partition coefficient (Wildman–Crippen LogP) is 1.01. The molecular weight excluding hydrogens is 222 g/mol. The molecule has 1 saturated heterocycles. The number of hydrogen-bond donors (Lipinski definition) is 1. The van der Waals surface area contributed by atoms with Gasteiger partial charge in [0.25, 0.3) is 0 Å². The molecule has 0 saturated carbocycles. The lowest BCUT2D eigenvalue weighted by molar-refractivity contribution is -0.144. The Labute approximate surface area is 102 Å². The van der Waals surface area contributed by atoms with Gasteiger partial charge in [-0.15, -0.1) is 0 Å². The van der Waals surface area contributed by atoms with Crippen LogP contribution in [-0.4, -0.2) is 37.7 Å². The van der Waals surface area contributed by atoms with Gasteiger partial charge in [0.1, 0.15) is 0 Å². The van der Waals surface area contributed by atoms with Crippen molar-refractivity contribution in [2.24, 2.45) is 0 Å². The molecule has 0 aromatic carbocycles. The zero-order valence-corrected chi connectivity index (χ0v) is 10.4. The summed E-state index contributed by atoms with van der Waals surface area (Å²) in [4.78, 5) is 22.4. The lowest BCUT2D eigenvalue weighted by Gasteiger charge is -2.22. The Bertz CT molecular complexity index is 249. The molecule has 0 radical (unpaired) electrons. The van der Waals surface area contributed by atoms with Crippen molar-refractivity contribution in [3.8, 4) is 0 Å². The Kier molecular flexibility index (Phi) is 6.62. The molecule has 0 aromatic heterocycles. The van der Waals surface area contributed by atoms with Crippen molar-refractivity contribution >= 4 is 11.9 Å². The van der Waals surface area contributed by atoms with Gasteiger partial charge in [0.2, 0.25) is 5.91 Å². The monoisotopic (exact) mass is 243 g/mol. The van der Waals surface area contributed by atoms with E-state index in [0.717, 1.165) is 25.9 Å². The molecule has 0 aromatic rings. The summed E-state index contributed by atoms with van der Waals surface area (Å²) in [6.07, 6.45) is 3.72. The normalized spacial score (nSPS) is 19.7. The standard InChI is InChI=1S/C12H21NO4/c1-2-16-12(15)7-6-11(14)13-9-10-5-3-4-8-17-10/h10H,2-9H2,1H3,(H,13,14). The lowest BCUT2D eigenvalue weighted by Crippen LogP contribution is -2.35. The van der Waals surface area contributed by atoms with Crippen molar-refractivity contribution in [3.63, 3.8) is 0 Å². The van der Waals surface area contributed by atoms with Crippen molar-refractivity contribution < 1.29 is 19.1 Å². The summed E-state index contributed by atoms with van der Waals surface area (Å²) in [5.41, 5.74) is 0. The van der Waals surface area contributed by atoms with E-state index in [4.69, 9.17) is 9.47 Å². The number of amides is 1. The van der Waals surface area contributed by atoms with Crippen LogP contribution in [0, 0.1) is 0 Å². The first-order valence-electron chi connectivity index (χ1n) is 6.26. The fraction of sp³-hybridized carbons (Fsp3) is 0.833. The highest BCUT2D eigenvalue weighted by Gasteiger charge is 2.15. The Morgan fingerprint density at radius 1 is 1.35 bits per heavy atom. The molecule has 1 unspecified atom stereocenters.